The minimum atomic E-state index is -4.41. The van der Waals surface area contributed by atoms with E-state index in [9.17, 15) is 18.0 Å². The number of rotatable bonds is 5. The number of alkyl halides is 3. The van der Waals surface area contributed by atoms with Crippen molar-refractivity contribution in [1.82, 2.24) is 5.48 Å². The number of primary amides is 1. The Morgan fingerprint density at radius 2 is 2.00 bits per heavy atom. The van der Waals surface area contributed by atoms with Gasteiger partial charge in [0.25, 0.3) is 0 Å². The SMILES string of the molecule is NC(=O)CONCc1ccccc1C(F)(F)F. The molecule has 4 nitrogen and oxygen atoms in total. The van der Waals surface area contributed by atoms with Crippen LogP contribution in [0.3, 0.4) is 0 Å². The summed E-state index contributed by atoms with van der Waals surface area (Å²) in [7, 11) is 0. The van der Waals surface area contributed by atoms with Crippen LogP contribution in [0.15, 0.2) is 24.3 Å². The van der Waals surface area contributed by atoms with Crippen molar-refractivity contribution in [3.05, 3.63) is 35.4 Å². The topological polar surface area (TPSA) is 64.4 Å². The summed E-state index contributed by atoms with van der Waals surface area (Å²) in [5.74, 6) is -0.707. The molecule has 94 valence electrons. The lowest BCUT2D eigenvalue weighted by Crippen LogP contribution is -2.25. The number of hydrogen-bond acceptors (Lipinski definition) is 3. The normalized spacial score (nSPS) is 11.5. The van der Waals surface area contributed by atoms with Crippen LogP contribution in [0.1, 0.15) is 11.1 Å². The number of carbonyl (C=O) groups is 1. The minimum Gasteiger partial charge on any atom is -0.368 e. The fourth-order valence-corrected chi connectivity index (χ4v) is 1.20. The van der Waals surface area contributed by atoms with Gasteiger partial charge in [-0.1, -0.05) is 18.2 Å². The van der Waals surface area contributed by atoms with Gasteiger partial charge in [0, 0.05) is 6.54 Å². The second-order valence-electron chi connectivity index (χ2n) is 3.23. The zero-order chi connectivity index (χ0) is 12.9. The van der Waals surface area contributed by atoms with E-state index in [0.717, 1.165) is 6.07 Å². The molecule has 0 spiro atoms. The minimum absolute atomic E-state index is 0.0319. The van der Waals surface area contributed by atoms with Gasteiger partial charge in [0.2, 0.25) is 5.91 Å². The van der Waals surface area contributed by atoms with Gasteiger partial charge in [-0.05, 0) is 11.6 Å². The van der Waals surface area contributed by atoms with Crippen molar-refractivity contribution in [1.29, 1.82) is 0 Å². The van der Waals surface area contributed by atoms with Crippen molar-refractivity contribution in [2.45, 2.75) is 12.7 Å². The van der Waals surface area contributed by atoms with Gasteiger partial charge in [0.05, 0.1) is 5.56 Å². The van der Waals surface area contributed by atoms with E-state index in [1.807, 2.05) is 0 Å². The van der Waals surface area contributed by atoms with E-state index in [2.05, 4.69) is 10.3 Å². The molecule has 1 rings (SSSR count). The third kappa shape index (κ3) is 4.41. The monoisotopic (exact) mass is 248 g/mol. The molecule has 1 amide bonds. The number of nitrogens with two attached hydrogens (primary N) is 1. The highest BCUT2D eigenvalue weighted by Crippen LogP contribution is 2.31. The summed E-state index contributed by atoms with van der Waals surface area (Å²) in [6.45, 7) is -0.558. The van der Waals surface area contributed by atoms with Crippen molar-refractivity contribution < 1.29 is 22.8 Å². The molecule has 1 aromatic rings. The third-order valence-electron chi connectivity index (χ3n) is 1.90. The van der Waals surface area contributed by atoms with Crippen molar-refractivity contribution >= 4 is 5.91 Å². The predicted molar refractivity (Wildman–Crippen MR) is 53.4 cm³/mol. The number of halogens is 3. The highest BCUT2D eigenvalue weighted by molar-refractivity contribution is 5.74. The Bertz CT molecular complexity index is 393. The van der Waals surface area contributed by atoms with Gasteiger partial charge < -0.3 is 5.73 Å². The zero-order valence-corrected chi connectivity index (χ0v) is 8.75. The Kier molecular flexibility index (Phi) is 4.47. The van der Waals surface area contributed by atoms with E-state index in [-0.39, 0.29) is 12.1 Å². The second-order valence-corrected chi connectivity index (χ2v) is 3.23. The molecule has 3 N–H and O–H groups in total. The first-order valence-corrected chi connectivity index (χ1v) is 4.69. The van der Waals surface area contributed by atoms with Crippen LogP contribution in [0.25, 0.3) is 0 Å². The fraction of sp³-hybridized carbons (Fsp3) is 0.300. The highest BCUT2D eigenvalue weighted by atomic mass is 19.4. The Balaban J connectivity index is 2.62. The van der Waals surface area contributed by atoms with E-state index in [1.165, 1.54) is 18.2 Å². The summed E-state index contributed by atoms with van der Waals surface area (Å²) in [6.07, 6.45) is -4.41. The Morgan fingerprint density at radius 3 is 2.59 bits per heavy atom. The van der Waals surface area contributed by atoms with Gasteiger partial charge in [-0.15, -0.1) is 0 Å². The van der Waals surface area contributed by atoms with Crippen molar-refractivity contribution in [2.75, 3.05) is 6.61 Å². The molecule has 0 radical (unpaired) electrons. The Hall–Kier alpha value is -1.60. The van der Waals surface area contributed by atoms with E-state index < -0.39 is 24.3 Å². The number of hydroxylamine groups is 1. The molecular weight excluding hydrogens is 237 g/mol. The molecule has 7 heteroatoms. The summed E-state index contributed by atoms with van der Waals surface area (Å²) in [5, 5.41) is 0. The van der Waals surface area contributed by atoms with Crippen LogP contribution in [-0.4, -0.2) is 12.5 Å². The molecule has 0 fully saturated rings. The van der Waals surface area contributed by atoms with Crippen LogP contribution in [-0.2, 0) is 22.4 Å². The lowest BCUT2D eigenvalue weighted by atomic mass is 10.1. The molecular formula is C10H11F3N2O2. The fourth-order valence-electron chi connectivity index (χ4n) is 1.20. The van der Waals surface area contributed by atoms with Crippen LogP contribution in [0.4, 0.5) is 13.2 Å². The van der Waals surface area contributed by atoms with E-state index in [1.54, 1.807) is 0 Å². The summed E-state index contributed by atoms with van der Waals surface area (Å²) >= 11 is 0. The lowest BCUT2D eigenvalue weighted by molar-refractivity contribution is -0.138. The van der Waals surface area contributed by atoms with Gasteiger partial charge >= 0.3 is 6.18 Å². The maximum atomic E-state index is 12.5. The molecule has 0 heterocycles. The number of carbonyl (C=O) groups excluding carboxylic acids is 1. The summed E-state index contributed by atoms with van der Waals surface area (Å²) in [6, 6.07) is 5.09. The van der Waals surface area contributed by atoms with Crippen molar-refractivity contribution in [2.24, 2.45) is 5.73 Å². The molecule has 0 aromatic heterocycles. The van der Waals surface area contributed by atoms with Gasteiger partial charge in [-0.3, -0.25) is 9.63 Å². The summed E-state index contributed by atoms with van der Waals surface area (Å²) < 4.78 is 37.6. The predicted octanol–water partition coefficient (Wildman–Crippen LogP) is 1.21. The molecule has 0 bridgehead atoms. The van der Waals surface area contributed by atoms with Gasteiger partial charge in [0.1, 0.15) is 6.61 Å². The molecule has 0 aliphatic heterocycles. The van der Waals surface area contributed by atoms with Crippen LogP contribution in [0.5, 0.6) is 0 Å². The summed E-state index contributed by atoms with van der Waals surface area (Å²) in [5.41, 5.74) is 6.32. The highest BCUT2D eigenvalue weighted by Gasteiger charge is 2.32. The van der Waals surface area contributed by atoms with Crippen LogP contribution in [0.2, 0.25) is 0 Å². The van der Waals surface area contributed by atoms with Crippen LogP contribution < -0.4 is 11.2 Å². The quantitative estimate of drug-likeness (QED) is 0.608. The summed E-state index contributed by atoms with van der Waals surface area (Å²) in [4.78, 5) is 14.9. The lowest BCUT2D eigenvalue weighted by Gasteiger charge is -2.12. The van der Waals surface area contributed by atoms with Gasteiger partial charge in [-0.25, -0.2) is 0 Å². The standard InChI is InChI=1S/C10H11F3N2O2/c11-10(12,13)8-4-2-1-3-7(8)5-15-17-6-9(14)16/h1-4,15H,5-6H2,(H2,14,16). The molecule has 0 unspecified atom stereocenters. The maximum Gasteiger partial charge on any atom is 0.416 e. The smallest absolute Gasteiger partial charge is 0.368 e. The maximum absolute atomic E-state index is 12.5. The first-order chi connectivity index (χ1) is 7.91. The average molecular weight is 248 g/mol. The molecule has 0 saturated heterocycles. The van der Waals surface area contributed by atoms with E-state index >= 15 is 0 Å². The molecule has 17 heavy (non-hydrogen) atoms. The molecule has 1 aromatic carbocycles. The first-order valence-electron chi connectivity index (χ1n) is 4.69. The number of hydrogen-bond donors (Lipinski definition) is 2. The molecule has 0 aliphatic rings. The zero-order valence-electron chi connectivity index (χ0n) is 8.75. The van der Waals surface area contributed by atoms with Crippen molar-refractivity contribution in [3.63, 3.8) is 0 Å². The largest absolute Gasteiger partial charge is 0.416 e. The first kappa shape index (κ1) is 13.5. The second kappa shape index (κ2) is 5.65. The van der Waals surface area contributed by atoms with Crippen molar-refractivity contribution in [3.8, 4) is 0 Å². The van der Waals surface area contributed by atoms with Gasteiger partial charge in [0.15, 0.2) is 0 Å². The average Bonchev–Trinajstić information content (AvgIpc) is 2.23. The van der Waals surface area contributed by atoms with Gasteiger partial charge in [-0.2, -0.15) is 18.7 Å². The third-order valence-corrected chi connectivity index (χ3v) is 1.90. The van der Waals surface area contributed by atoms with Crippen LogP contribution in [0, 0.1) is 0 Å². The Labute approximate surface area is 95.5 Å². The molecule has 0 aliphatic carbocycles. The number of nitrogens with one attached hydrogen (secondary N) is 1. The number of amides is 1. The van der Waals surface area contributed by atoms with Crippen LogP contribution >= 0.6 is 0 Å². The van der Waals surface area contributed by atoms with E-state index in [4.69, 9.17) is 5.73 Å². The Morgan fingerprint density at radius 1 is 1.35 bits per heavy atom. The number of benzene rings is 1. The molecule has 0 atom stereocenters. The molecule has 0 saturated carbocycles. The van der Waals surface area contributed by atoms with E-state index in [0.29, 0.717) is 0 Å².